The average Bonchev–Trinajstić information content (AvgIpc) is 2.58. The van der Waals surface area contributed by atoms with Crippen LogP contribution in [0, 0.1) is 0 Å². The van der Waals surface area contributed by atoms with Crippen molar-refractivity contribution in [2.24, 2.45) is 0 Å². The number of unbranched alkanes of at least 4 members (excludes halogenated alkanes) is 3. The highest BCUT2D eigenvalue weighted by Crippen LogP contribution is 2.34. The number of phenolic OH excluding ortho intramolecular Hbond substituents is 1. The number of nitrogens with zero attached hydrogens (tertiary/aromatic N) is 1. The molecule has 5 heteroatoms. The number of phenols is 1. The minimum Gasteiger partial charge on any atom is -0.508 e. The van der Waals surface area contributed by atoms with Gasteiger partial charge in [-0.15, -0.1) is 0 Å². The molecule has 0 aliphatic rings. The highest BCUT2D eigenvalue weighted by molar-refractivity contribution is 5.89. The van der Waals surface area contributed by atoms with E-state index >= 15 is 0 Å². The summed E-state index contributed by atoms with van der Waals surface area (Å²) in [5.74, 6) is 0.693. The highest BCUT2D eigenvalue weighted by Gasteiger charge is 2.19. The predicted octanol–water partition coefficient (Wildman–Crippen LogP) is 3.86. The molecule has 0 atom stereocenters. The molecule has 1 aromatic carbocycles. The zero-order valence-electron chi connectivity index (χ0n) is 14.4. The Morgan fingerprint density at radius 3 is 2.71 bits per heavy atom. The molecule has 130 valence electrons. The molecule has 0 bridgehead atoms. The zero-order chi connectivity index (χ0) is 17.5. The lowest BCUT2D eigenvalue weighted by Crippen LogP contribution is -2.23. The minimum atomic E-state index is -0.247. The summed E-state index contributed by atoms with van der Waals surface area (Å²) >= 11 is 0. The van der Waals surface area contributed by atoms with Crippen LogP contribution in [0.25, 0.3) is 10.9 Å². The number of methoxy groups -OCH3 is 1. The maximum absolute atomic E-state index is 12.9. The van der Waals surface area contributed by atoms with Gasteiger partial charge in [0.1, 0.15) is 12.4 Å². The van der Waals surface area contributed by atoms with E-state index in [1.54, 1.807) is 28.8 Å². The van der Waals surface area contributed by atoms with Gasteiger partial charge in [-0.1, -0.05) is 38.8 Å². The van der Waals surface area contributed by atoms with E-state index in [4.69, 9.17) is 9.47 Å². The Labute approximate surface area is 142 Å². The van der Waals surface area contributed by atoms with Crippen molar-refractivity contribution in [3.63, 3.8) is 0 Å². The molecule has 0 fully saturated rings. The van der Waals surface area contributed by atoms with E-state index in [0.717, 1.165) is 31.1 Å². The van der Waals surface area contributed by atoms with Crippen molar-refractivity contribution in [3.05, 3.63) is 41.2 Å². The van der Waals surface area contributed by atoms with Crippen LogP contribution in [-0.4, -0.2) is 23.4 Å². The minimum absolute atomic E-state index is 0.117. The van der Waals surface area contributed by atoms with E-state index < -0.39 is 0 Å². The van der Waals surface area contributed by atoms with Crippen molar-refractivity contribution < 1.29 is 14.6 Å². The quantitative estimate of drug-likeness (QED) is 0.560. The summed E-state index contributed by atoms with van der Waals surface area (Å²) in [5, 5.41) is 10.6. The molecule has 24 heavy (non-hydrogen) atoms. The van der Waals surface area contributed by atoms with Crippen LogP contribution in [0.15, 0.2) is 35.6 Å². The molecular formula is C19H25NO4. The van der Waals surface area contributed by atoms with Crippen LogP contribution in [0.2, 0.25) is 0 Å². The normalized spacial score (nSPS) is 10.8. The van der Waals surface area contributed by atoms with Crippen LogP contribution in [0.1, 0.15) is 32.6 Å². The summed E-state index contributed by atoms with van der Waals surface area (Å²) in [6.07, 6.45) is 5.80. The first-order valence-corrected chi connectivity index (χ1v) is 8.31. The van der Waals surface area contributed by atoms with Gasteiger partial charge < -0.3 is 19.1 Å². The smallest absolute Gasteiger partial charge is 0.297 e. The third-order valence-corrected chi connectivity index (χ3v) is 3.95. The maximum Gasteiger partial charge on any atom is 0.297 e. The van der Waals surface area contributed by atoms with Crippen LogP contribution < -0.4 is 15.0 Å². The molecule has 1 aromatic heterocycles. The van der Waals surface area contributed by atoms with Crippen molar-refractivity contribution in [1.82, 2.24) is 4.57 Å². The van der Waals surface area contributed by atoms with Gasteiger partial charge in [-0.2, -0.15) is 0 Å². The number of aromatic hydroxyl groups is 1. The predicted molar refractivity (Wildman–Crippen MR) is 96.3 cm³/mol. The Kier molecular flexibility index (Phi) is 6.29. The summed E-state index contributed by atoms with van der Waals surface area (Å²) in [5.41, 5.74) is 0.405. The van der Waals surface area contributed by atoms with Gasteiger partial charge in [-0.25, -0.2) is 0 Å². The number of benzene rings is 1. The van der Waals surface area contributed by atoms with Crippen LogP contribution in [0.3, 0.4) is 0 Å². The first-order valence-electron chi connectivity index (χ1n) is 8.31. The van der Waals surface area contributed by atoms with Crippen LogP contribution in [0.5, 0.6) is 17.2 Å². The number of pyridine rings is 1. The number of fused-ring (bicyclic) bond motifs is 1. The van der Waals surface area contributed by atoms with Crippen molar-refractivity contribution >= 4 is 10.9 Å². The molecule has 0 aliphatic carbocycles. The fraction of sp³-hybridized carbons (Fsp3) is 0.421. The van der Waals surface area contributed by atoms with E-state index in [9.17, 15) is 9.90 Å². The lowest BCUT2D eigenvalue weighted by Gasteiger charge is -2.17. The van der Waals surface area contributed by atoms with Gasteiger partial charge in [0.15, 0.2) is 5.75 Å². The largest absolute Gasteiger partial charge is 0.508 e. The van der Waals surface area contributed by atoms with Gasteiger partial charge in [0.2, 0.25) is 5.75 Å². The number of ether oxygens (including phenoxy) is 2. The summed E-state index contributed by atoms with van der Waals surface area (Å²) in [7, 11) is 1.51. The molecule has 0 spiro atoms. The summed E-state index contributed by atoms with van der Waals surface area (Å²) in [6, 6.07) is 4.91. The Balaban J connectivity index is 2.59. The molecular weight excluding hydrogens is 306 g/mol. The van der Waals surface area contributed by atoms with E-state index in [2.05, 4.69) is 13.5 Å². The van der Waals surface area contributed by atoms with Gasteiger partial charge in [-0.3, -0.25) is 4.79 Å². The molecule has 0 unspecified atom stereocenters. The topological polar surface area (TPSA) is 60.7 Å². The molecule has 0 saturated heterocycles. The Bertz CT molecular complexity index is 764. The van der Waals surface area contributed by atoms with Gasteiger partial charge in [0, 0.05) is 18.0 Å². The molecule has 1 N–H and O–H groups in total. The van der Waals surface area contributed by atoms with Gasteiger partial charge in [0.25, 0.3) is 5.56 Å². The lowest BCUT2D eigenvalue weighted by atomic mass is 10.1. The van der Waals surface area contributed by atoms with Gasteiger partial charge >= 0.3 is 0 Å². The monoisotopic (exact) mass is 331 g/mol. The highest BCUT2D eigenvalue weighted by atomic mass is 16.5. The maximum atomic E-state index is 12.9. The number of hydrogen-bond acceptors (Lipinski definition) is 4. The number of aromatic nitrogens is 1. The second-order valence-corrected chi connectivity index (χ2v) is 5.68. The lowest BCUT2D eigenvalue weighted by molar-refractivity contribution is 0.321. The second kappa shape index (κ2) is 8.43. The van der Waals surface area contributed by atoms with Crippen molar-refractivity contribution in [2.45, 2.75) is 39.2 Å². The zero-order valence-corrected chi connectivity index (χ0v) is 14.4. The van der Waals surface area contributed by atoms with Crippen LogP contribution in [0.4, 0.5) is 0 Å². The fourth-order valence-corrected chi connectivity index (χ4v) is 2.78. The molecule has 0 radical (unpaired) electrons. The van der Waals surface area contributed by atoms with Crippen LogP contribution in [-0.2, 0) is 6.54 Å². The molecule has 0 aliphatic heterocycles. The molecule has 1 heterocycles. The standard InChI is InChI=1S/C19H25NO4/c1-4-6-7-8-11-20-16-13-14(21)9-10-15(16)17(23-3)18(19(20)22)24-12-5-2/h5,9-10,13,21H,2,4,6-8,11-12H2,1,3H3. The van der Waals surface area contributed by atoms with Crippen LogP contribution >= 0.6 is 0 Å². The number of aryl methyl sites for hydroxylation is 1. The molecule has 2 rings (SSSR count). The molecule has 5 nitrogen and oxygen atoms in total. The number of hydrogen-bond donors (Lipinski definition) is 1. The van der Waals surface area contributed by atoms with E-state index in [1.165, 1.54) is 7.11 Å². The first-order chi connectivity index (χ1) is 11.6. The SMILES string of the molecule is C=CCOc1c(OC)c2ccc(O)cc2n(CCCCCC)c1=O. The average molecular weight is 331 g/mol. The van der Waals surface area contributed by atoms with Gasteiger partial charge in [-0.05, 0) is 18.6 Å². The molecule has 0 amide bonds. The first kappa shape index (κ1) is 17.9. The van der Waals surface area contributed by atoms with Crippen molar-refractivity contribution in [2.75, 3.05) is 13.7 Å². The molecule has 2 aromatic rings. The summed E-state index contributed by atoms with van der Waals surface area (Å²) < 4.78 is 12.7. The van der Waals surface area contributed by atoms with Gasteiger partial charge in [0.05, 0.1) is 12.6 Å². The van der Waals surface area contributed by atoms with Crippen molar-refractivity contribution in [3.8, 4) is 17.2 Å². The third kappa shape index (κ3) is 3.72. The Morgan fingerprint density at radius 2 is 2.04 bits per heavy atom. The van der Waals surface area contributed by atoms with E-state index in [0.29, 0.717) is 17.8 Å². The summed E-state index contributed by atoms with van der Waals surface area (Å²) in [4.78, 5) is 12.9. The molecule has 0 saturated carbocycles. The second-order valence-electron chi connectivity index (χ2n) is 5.68. The fourth-order valence-electron chi connectivity index (χ4n) is 2.78. The third-order valence-electron chi connectivity index (χ3n) is 3.95. The Hall–Kier alpha value is -2.43. The summed E-state index contributed by atoms with van der Waals surface area (Å²) in [6.45, 7) is 6.57. The van der Waals surface area contributed by atoms with Crippen molar-refractivity contribution in [1.29, 1.82) is 0 Å². The van der Waals surface area contributed by atoms with E-state index in [1.807, 2.05) is 0 Å². The van der Waals surface area contributed by atoms with E-state index in [-0.39, 0.29) is 23.7 Å². The number of rotatable bonds is 9. The Morgan fingerprint density at radius 1 is 1.25 bits per heavy atom.